The summed E-state index contributed by atoms with van der Waals surface area (Å²) in [7, 11) is 0. The van der Waals surface area contributed by atoms with E-state index in [9.17, 15) is 9.90 Å². The zero-order chi connectivity index (χ0) is 14.1. The third kappa shape index (κ3) is 1.95. The lowest BCUT2D eigenvalue weighted by Crippen LogP contribution is -2.03. The van der Waals surface area contributed by atoms with E-state index in [-0.39, 0.29) is 5.56 Å². The SMILES string of the molecule is CCc1nc2c(C(=O)O)cccc2n1Cc1ccno1. The van der Waals surface area contributed by atoms with E-state index in [4.69, 9.17) is 4.52 Å². The van der Waals surface area contributed by atoms with Gasteiger partial charge in [0.15, 0.2) is 5.76 Å². The average Bonchev–Trinajstić information content (AvgIpc) is 3.06. The molecule has 0 radical (unpaired) electrons. The standard InChI is InChI=1S/C14H13N3O3/c1-2-12-16-13-10(14(18)19)4-3-5-11(13)17(12)8-9-6-7-15-20-9/h3-7H,2,8H2,1H3,(H,18,19). The van der Waals surface area contributed by atoms with Crippen LogP contribution in [-0.2, 0) is 13.0 Å². The molecule has 1 N–H and O–H groups in total. The van der Waals surface area contributed by atoms with Crippen molar-refractivity contribution < 1.29 is 14.4 Å². The Balaban J connectivity index is 2.19. The fraction of sp³-hybridized carbons (Fsp3) is 0.214. The van der Waals surface area contributed by atoms with Gasteiger partial charge in [0, 0.05) is 12.5 Å². The number of imidazole rings is 1. The summed E-state index contributed by atoms with van der Waals surface area (Å²) in [5.41, 5.74) is 1.52. The van der Waals surface area contributed by atoms with Crippen molar-refractivity contribution >= 4 is 17.0 Å². The van der Waals surface area contributed by atoms with Gasteiger partial charge in [-0.25, -0.2) is 9.78 Å². The van der Waals surface area contributed by atoms with Crippen LogP contribution >= 0.6 is 0 Å². The number of rotatable bonds is 4. The second-order valence-electron chi connectivity index (χ2n) is 4.42. The van der Waals surface area contributed by atoms with Crippen molar-refractivity contribution in [1.82, 2.24) is 14.7 Å². The first-order chi connectivity index (χ1) is 9.70. The van der Waals surface area contributed by atoms with Crippen LogP contribution in [0.15, 0.2) is 35.0 Å². The Hall–Kier alpha value is -2.63. The number of aryl methyl sites for hydroxylation is 1. The molecular formula is C14H13N3O3. The van der Waals surface area contributed by atoms with Crippen LogP contribution in [-0.4, -0.2) is 25.8 Å². The molecule has 0 unspecified atom stereocenters. The van der Waals surface area contributed by atoms with Crippen LogP contribution in [0.3, 0.4) is 0 Å². The molecular weight excluding hydrogens is 258 g/mol. The van der Waals surface area contributed by atoms with Crippen LogP contribution < -0.4 is 0 Å². The Kier molecular flexibility index (Phi) is 2.98. The highest BCUT2D eigenvalue weighted by Gasteiger charge is 2.16. The van der Waals surface area contributed by atoms with E-state index in [0.29, 0.717) is 24.2 Å². The molecule has 2 heterocycles. The Morgan fingerprint density at radius 2 is 2.25 bits per heavy atom. The number of hydrogen-bond acceptors (Lipinski definition) is 4. The van der Waals surface area contributed by atoms with Crippen LogP contribution in [0, 0.1) is 0 Å². The molecule has 2 aromatic heterocycles. The lowest BCUT2D eigenvalue weighted by Gasteiger charge is -2.05. The van der Waals surface area contributed by atoms with Gasteiger partial charge in [-0.3, -0.25) is 0 Å². The second-order valence-corrected chi connectivity index (χ2v) is 4.42. The third-order valence-corrected chi connectivity index (χ3v) is 3.21. The summed E-state index contributed by atoms with van der Waals surface area (Å²) in [5, 5.41) is 12.9. The fourth-order valence-corrected chi connectivity index (χ4v) is 2.29. The van der Waals surface area contributed by atoms with Crippen molar-refractivity contribution in [2.24, 2.45) is 0 Å². The number of carboxylic acid groups (broad SMARTS) is 1. The van der Waals surface area contributed by atoms with E-state index in [1.165, 1.54) is 0 Å². The number of aromatic nitrogens is 3. The number of fused-ring (bicyclic) bond motifs is 1. The topological polar surface area (TPSA) is 81.1 Å². The summed E-state index contributed by atoms with van der Waals surface area (Å²) in [5.74, 6) is 0.562. The van der Waals surface area contributed by atoms with Gasteiger partial charge in [0.25, 0.3) is 0 Å². The largest absolute Gasteiger partial charge is 0.478 e. The van der Waals surface area contributed by atoms with E-state index in [2.05, 4.69) is 10.1 Å². The number of nitrogens with zero attached hydrogens (tertiary/aromatic N) is 3. The van der Waals surface area contributed by atoms with Crippen LogP contribution in [0.4, 0.5) is 0 Å². The lowest BCUT2D eigenvalue weighted by atomic mass is 10.2. The molecule has 0 aliphatic carbocycles. The maximum Gasteiger partial charge on any atom is 0.337 e. The van der Waals surface area contributed by atoms with Crippen molar-refractivity contribution in [3.05, 3.63) is 47.6 Å². The summed E-state index contributed by atoms with van der Waals surface area (Å²) < 4.78 is 7.08. The summed E-state index contributed by atoms with van der Waals surface area (Å²) in [6, 6.07) is 6.94. The number of carbonyl (C=O) groups is 1. The molecule has 0 atom stereocenters. The Bertz CT molecular complexity index is 759. The minimum absolute atomic E-state index is 0.216. The molecule has 0 amide bonds. The van der Waals surface area contributed by atoms with Gasteiger partial charge in [0.1, 0.15) is 11.3 Å². The van der Waals surface area contributed by atoms with Gasteiger partial charge < -0.3 is 14.2 Å². The summed E-state index contributed by atoms with van der Waals surface area (Å²) in [6.07, 6.45) is 2.30. The lowest BCUT2D eigenvalue weighted by molar-refractivity contribution is 0.0699. The highest BCUT2D eigenvalue weighted by atomic mass is 16.5. The predicted molar refractivity (Wildman–Crippen MR) is 71.7 cm³/mol. The quantitative estimate of drug-likeness (QED) is 0.787. The highest BCUT2D eigenvalue weighted by Crippen LogP contribution is 2.22. The molecule has 0 saturated carbocycles. The van der Waals surface area contributed by atoms with Crippen molar-refractivity contribution in [3.8, 4) is 0 Å². The molecule has 0 saturated heterocycles. The first-order valence-corrected chi connectivity index (χ1v) is 6.31. The molecule has 1 aromatic carbocycles. The van der Waals surface area contributed by atoms with Crippen molar-refractivity contribution in [3.63, 3.8) is 0 Å². The van der Waals surface area contributed by atoms with E-state index in [1.54, 1.807) is 24.4 Å². The minimum Gasteiger partial charge on any atom is -0.478 e. The summed E-state index contributed by atoms with van der Waals surface area (Å²) in [6.45, 7) is 2.47. The zero-order valence-corrected chi connectivity index (χ0v) is 10.9. The molecule has 3 rings (SSSR count). The van der Waals surface area contributed by atoms with Crippen molar-refractivity contribution in [2.75, 3.05) is 0 Å². The Morgan fingerprint density at radius 1 is 1.40 bits per heavy atom. The Labute approximate surface area is 114 Å². The molecule has 0 fully saturated rings. The molecule has 102 valence electrons. The van der Waals surface area contributed by atoms with Gasteiger partial charge in [0.2, 0.25) is 0 Å². The molecule has 0 spiro atoms. The van der Waals surface area contributed by atoms with Gasteiger partial charge in [-0.1, -0.05) is 18.1 Å². The average molecular weight is 271 g/mol. The predicted octanol–water partition coefficient (Wildman–Crippen LogP) is 2.33. The van der Waals surface area contributed by atoms with Crippen LogP contribution in [0.5, 0.6) is 0 Å². The molecule has 0 aliphatic rings. The van der Waals surface area contributed by atoms with Gasteiger partial charge in [-0.05, 0) is 12.1 Å². The minimum atomic E-state index is -0.970. The number of carboxylic acids is 1. The van der Waals surface area contributed by atoms with Crippen molar-refractivity contribution in [2.45, 2.75) is 19.9 Å². The number of benzene rings is 1. The molecule has 3 aromatic rings. The van der Waals surface area contributed by atoms with Crippen LogP contribution in [0.2, 0.25) is 0 Å². The van der Waals surface area contributed by atoms with E-state index < -0.39 is 5.97 Å². The number of para-hydroxylation sites is 1. The summed E-state index contributed by atoms with van der Waals surface area (Å²) >= 11 is 0. The molecule has 20 heavy (non-hydrogen) atoms. The number of aromatic carboxylic acids is 1. The van der Waals surface area contributed by atoms with Gasteiger partial charge in [0.05, 0.1) is 23.8 Å². The molecule has 6 heteroatoms. The molecule has 6 nitrogen and oxygen atoms in total. The van der Waals surface area contributed by atoms with E-state index in [1.807, 2.05) is 17.6 Å². The highest BCUT2D eigenvalue weighted by molar-refractivity contribution is 6.01. The van der Waals surface area contributed by atoms with E-state index >= 15 is 0 Å². The van der Waals surface area contributed by atoms with Crippen LogP contribution in [0.25, 0.3) is 11.0 Å². The first kappa shape index (κ1) is 12.4. The third-order valence-electron chi connectivity index (χ3n) is 3.21. The van der Waals surface area contributed by atoms with Crippen molar-refractivity contribution in [1.29, 1.82) is 0 Å². The molecule has 0 bridgehead atoms. The fourth-order valence-electron chi connectivity index (χ4n) is 2.29. The molecule has 0 aliphatic heterocycles. The maximum absolute atomic E-state index is 11.3. The summed E-state index contributed by atoms with van der Waals surface area (Å²) in [4.78, 5) is 15.7. The monoisotopic (exact) mass is 271 g/mol. The van der Waals surface area contributed by atoms with Gasteiger partial charge in [-0.15, -0.1) is 0 Å². The smallest absolute Gasteiger partial charge is 0.337 e. The number of hydrogen-bond donors (Lipinski definition) is 1. The zero-order valence-electron chi connectivity index (χ0n) is 10.9. The van der Waals surface area contributed by atoms with Gasteiger partial charge >= 0.3 is 5.97 Å². The maximum atomic E-state index is 11.3. The van der Waals surface area contributed by atoms with Crippen LogP contribution in [0.1, 0.15) is 28.9 Å². The van der Waals surface area contributed by atoms with E-state index in [0.717, 1.165) is 11.3 Å². The first-order valence-electron chi connectivity index (χ1n) is 6.31. The normalized spacial score (nSPS) is 11.1. The second kappa shape index (κ2) is 4.80. The Morgan fingerprint density at radius 3 is 2.90 bits per heavy atom. The van der Waals surface area contributed by atoms with Gasteiger partial charge in [-0.2, -0.15) is 0 Å².